The van der Waals surface area contributed by atoms with Gasteiger partial charge in [0.15, 0.2) is 0 Å². The van der Waals surface area contributed by atoms with E-state index in [0.717, 1.165) is 31.6 Å². The van der Waals surface area contributed by atoms with Crippen molar-refractivity contribution in [2.75, 3.05) is 13.7 Å². The van der Waals surface area contributed by atoms with Crippen LogP contribution >= 0.6 is 0 Å². The van der Waals surface area contributed by atoms with Crippen molar-refractivity contribution in [3.63, 3.8) is 0 Å². The summed E-state index contributed by atoms with van der Waals surface area (Å²) in [7, 11) is 1.73. The maximum atomic E-state index is 5.41. The molecule has 4 heteroatoms. The van der Waals surface area contributed by atoms with Gasteiger partial charge >= 0.3 is 0 Å². The SMILES string of the molecule is CCCNC1c2cc(OC)ccc2CCC1n1cccn1. The van der Waals surface area contributed by atoms with Crippen LogP contribution in [0.25, 0.3) is 0 Å². The molecule has 21 heavy (non-hydrogen) atoms. The Balaban J connectivity index is 1.97. The van der Waals surface area contributed by atoms with Crippen LogP contribution in [0.15, 0.2) is 36.7 Å². The molecule has 1 aliphatic rings. The Bertz CT molecular complexity index is 580. The molecular weight excluding hydrogens is 262 g/mol. The summed E-state index contributed by atoms with van der Waals surface area (Å²) >= 11 is 0. The average Bonchev–Trinajstić information content (AvgIpc) is 3.06. The third kappa shape index (κ3) is 2.81. The van der Waals surface area contributed by atoms with Crippen LogP contribution in [0.2, 0.25) is 0 Å². The molecule has 3 rings (SSSR count). The van der Waals surface area contributed by atoms with Crippen molar-refractivity contribution >= 4 is 0 Å². The average molecular weight is 285 g/mol. The molecule has 112 valence electrons. The smallest absolute Gasteiger partial charge is 0.119 e. The minimum absolute atomic E-state index is 0.295. The first kappa shape index (κ1) is 14.1. The van der Waals surface area contributed by atoms with E-state index in [9.17, 15) is 0 Å². The minimum atomic E-state index is 0.295. The monoisotopic (exact) mass is 285 g/mol. The molecule has 0 fully saturated rings. The van der Waals surface area contributed by atoms with Gasteiger partial charge in [-0.25, -0.2) is 0 Å². The summed E-state index contributed by atoms with van der Waals surface area (Å²) in [5.74, 6) is 0.929. The molecule has 1 aliphatic carbocycles. The molecule has 1 aromatic heterocycles. The lowest BCUT2D eigenvalue weighted by Crippen LogP contribution is -2.34. The van der Waals surface area contributed by atoms with Gasteiger partial charge < -0.3 is 10.1 Å². The predicted octanol–water partition coefficient (Wildman–Crippen LogP) is 3.12. The minimum Gasteiger partial charge on any atom is -0.497 e. The van der Waals surface area contributed by atoms with Crippen LogP contribution in [0.4, 0.5) is 0 Å². The molecule has 0 aliphatic heterocycles. The molecule has 2 atom stereocenters. The van der Waals surface area contributed by atoms with E-state index in [-0.39, 0.29) is 0 Å². The van der Waals surface area contributed by atoms with Crippen LogP contribution in [0.1, 0.15) is 43.0 Å². The lowest BCUT2D eigenvalue weighted by atomic mass is 9.83. The highest BCUT2D eigenvalue weighted by Gasteiger charge is 2.30. The highest BCUT2D eigenvalue weighted by Crippen LogP contribution is 2.38. The van der Waals surface area contributed by atoms with Crippen molar-refractivity contribution in [1.29, 1.82) is 0 Å². The van der Waals surface area contributed by atoms with Crippen LogP contribution in [-0.4, -0.2) is 23.4 Å². The summed E-state index contributed by atoms with van der Waals surface area (Å²) in [6.07, 6.45) is 7.26. The van der Waals surface area contributed by atoms with E-state index in [1.807, 2.05) is 12.3 Å². The van der Waals surface area contributed by atoms with Crippen LogP contribution in [0.3, 0.4) is 0 Å². The molecule has 0 amide bonds. The number of hydrogen-bond donors (Lipinski definition) is 1. The molecule has 2 aromatic rings. The number of aryl methyl sites for hydroxylation is 1. The molecule has 0 spiro atoms. The second-order valence-corrected chi connectivity index (χ2v) is 5.59. The van der Waals surface area contributed by atoms with Crippen molar-refractivity contribution in [3.05, 3.63) is 47.8 Å². The van der Waals surface area contributed by atoms with Gasteiger partial charge in [0.2, 0.25) is 0 Å². The van der Waals surface area contributed by atoms with Crippen molar-refractivity contribution in [2.45, 2.75) is 38.3 Å². The molecule has 0 saturated heterocycles. The van der Waals surface area contributed by atoms with E-state index in [1.54, 1.807) is 7.11 Å². The molecule has 4 nitrogen and oxygen atoms in total. The molecule has 2 unspecified atom stereocenters. The maximum absolute atomic E-state index is 5.41. The number of aromatic nitrogens is 2. The van der Waals surface area contributed by atoms with Gasteiger partial charge in [0.25, 0.3) is 0 Å². The Hall–Kier alpha value is -1.81. The lowest BCUT2D eigenvalue weighted by molar-refractivity contribution is 0.295. The fourth-order valence-electron chi connectivity index (χ4n) is 3.20. The van der Waals surface area contributed by atoms with Gasteiger partial charge in [0.05, 0.1) is 19.2 Å². The van der Waals surface area contributed by atoms with Crippen molar-refractivity contribution in [3.8, 4) is 5.75 Å². The van der Waals surface area contributed by atoms with Crippen molar-refractivity contribution in [1.82, 2.24) is 15.1 Å². The van der Waals surface area contributed by atoms with Crippen LogP contribution in [0.5, 0.6) is 5.75 Å². The Morgan fingerprint density at radius 2 is 2.33 bits per heavy atom. The summed E-state index contributed by atoms with van der Waals surface area (Å²) in [6.45, 7) is 3.21. The van der Waals surface area contributed by atoms with E-state index in [4.69, 9.17) is 4.74 Å². The van der Waals surface area contributed by atoms with Crippen LogP contribution in [0, 0.1) is 0 Å². The van der Waals surface area contributed by atoms with Crippen LogP contribution in [-0.2, 0) is 6.42 Å². The number of nitrogens with one attached hydrogen (secondary N) is 1. The Morgan fingerprint density at radius 1 is 1.43 bits per heavy atom. The molecule has 1 aromatic carbocycles. The summed E-state index contributed by atoms with van der Waals surface area (Å²) in [5, 5.41) is 8.16. The summed E-state index contributed by atoms with van der Waals surface area (Å²) < 4.78 is 7.50. The fourth-order valence-corrected chi connectivity index (χ4v) is 3.20. The molecule has 0 saturated carbocycles. The van der Waals surface area contributed by atoms with Crippen molar-refractivity contribution in [2.24, 2.45) is 0 Å². The molecule has 0 bridgehead atoms. The van der Waals surface area contributed by atoms with Gasteiger partial charge in [-0.05, 0) is 55.1 Å². The van der Waals surface area contributed by atoms with E-state index in [0.29, 0.717) is 12.1 Å². The van der Waals surface area contributed by atoms with Gasteiger partial charge in [-0.3, -0.25) is 4.68 Å². The normalized spacial score (nSPS) is 21.0. The number of benzene rings is 1. The van der Waals surface area contributed by atoms with E-state index >= 15 is 0 Å². The number of methoxy groups -OCH3 is 1. The maximum Gasteiger partial charge on any atom is 0.119 e. The largest absolute Gasteiger partial charge is 0.497 e. The topological polar surface area (TPSA) is 39.1 Å². The molecule has 1 N–H and O–H groups in total. The number of fused-ring (bicyclic) bond motifs is 1. The lowest BCUT2D eigenvalue weighted by Gasteiger charge is -2.34. The zero-order chi connectivity index (χ0) is 14.7. The zero-order valence-corrected chi connectivity index (χ0v) is 12.7. The molecule has 1 heterocycles. The quantitative estimate of drug-likeness (QED) is 0.917. The zero-order valence-electron chi connectivity index (χ0n) is 12.7. The number of rotatable bonds is 5. The highest BCUT2D eigenvalue weighted by atomic mass is 16.5. The highest BCUT2D eigenvalue weighted by molar-refractivity contribution is 5.40. The second kappa shape index (κ2) is 6.31. The summed E-state index contributed by atoms with van der Waals surface area (Å²) in [4.78, 5) is 0. The Labute approximate surface area is 126 Å². The third-order valence-corrected chi connectivity index (χ3v) is 4.26. The van der Waals surface area contributed by atoms with Gasteiger partial charge in [0, 0.05) is 12.4 Å². The second-order valence-electron chi connectivity index (χ2n) is 5.59. The van der Waals surface area contributed by atoms with Gasteiger partial charge in [-0.1, -0.05) is 13.0 Å². The number of ether oxygens (including phenoxy) is 1. The van der Waals surface area contributed by atoms with Gasteiger partial charge in [-0.2, -0.15) is 5.10 Å². The van der Waals surface area contributed by atoms with E-state index in [1.165, 1.54) is 11.1 Å². The van der Waals surface area contributed by atoms with E-state index < -0.39 is 0 Å². The third-order valence-electron chi connectivity index (χ3n) is 4.26. The number of hydrogen-bond acceptors (Lipinski definition) is 3. The summed E-state index contributed by atoms with van der Waals surface area (Å²) in [5.41, 5.74) is 2.78. The van der Waals surface area contributed by atoms with Gasteiger partial charge in [0.1, 0.15) is 5.75 Å². The number of nitrogens with zero attached hydrogens (tertiary/aromatic N) is 2. The van der Waals surface area contributed by atoms with Gasteiger partial charge in [-0.15, -0.1) is 0 Å². The first-order valence-electron chi connectivity index (χ1n) is 7.72. The first-order valence-corrected chi connectivity index (χ1v) is 7.72. The predicted molar refractivity (Wildman–Crippen MR) is 83.6 cm³/mol. The fraction of sp³-hybridized carbons (Fsp3) is 0.471. The molecular formula is C17H23N3O. The first-order chi connectivity index (χ1) is 10.3. The summed E-state index contributed by atoms with van der Waals surface area (Å²) in [6, 6.07) is 9.10. The van der Waals surface area contributed by atoms with Crippen LogP contribution < -0.4 is 10.1 Å². The van der Waals surface area contributed by atoms with E-state index in [2.05, 4.69) is 46.4 Å². The Kier molecular flexibility index (Phi) is 4.25. The Morgan fingerprint density at radius 3 is 3.05 bits per heavy atom. The standard InChI is InChI=1S/C17H23N3O/c1-3-9-18-17-15-12-14(21-2)7-5-13(15)6-8-16(17)20-11-4-10-19-20/h4-5,7,10-12,16-18H,3,6,8-9H2,1-2H3. The van der Waals surface area contributed by atoms with Crippen molar-refractivity contribution < 1.29 is 4.74 Å². The molecule has 0 radical (unpaired) electrons.